The minimum absolute atomic E-state index is 0.392. The molecule has 0 spiro atoms. The van der Waals surface area contributed by atoms with Gasteiger partial charge in [-0.1, -0.05) is 5.16 Å². The molecule has 0 aliphatic rings. The number of aryl methyl sites for hydroxylation is 1. The summed E-state index contributed by atoms with van der Waals surface area (Å²) < 4.78 is 4.98. The summed E-state index contributed by atoms with van der Waals surface area (Å²) in [5.74, 6) is 1.24. The molecular formula is C11H11N5O. The molecule has 0 saturated carbocycles. The molecule has 0 bridgehead atoms. The predicted molar refractivity (Wildman–Crippen MR) is 60.2 cm³/mol. The molecular weight excluding hydrogens is 218 g/mol. The summed E-state index contributed by atoms with van der Waals surface area (Å²) in [6, 6.07) is 5.49. The van der Waals surface area contributed by atoms with Crippen LogP contribution in [0.2, 0.25) is 0 Å². The van der Waals surface area contributed by atoms with Gasteiger partial charge in [-0.15, -0.1) is 0 Å². The first kappa shape index (κ1) is 11.1. The molecule has 0 fully saturated rings. The molecule has 0 atom stereocenters. The van der Waals surface area contributed by atoms with Crippen molar-refractivity contribution in [3.8, 4) is 6.07 Å². The summed E-state index contributed by atoms with van der Waals surface area (Å²) in [5, 5.41) is 15.6. The maximum absolute atomic E-state index is 8.69. The summed E-state index contributed by atoms with van der Waals surface area (Å²) in [7, 11) is 0. The van der Waals surface area contributed by atoms with E-state index in [1.54, 1.807) is 25.3 Å². The average molecular weight is 229 g/mol. The Morgan fingerprint density at radius 1 is 1.53 bits per heavy atom. The highest BCUT2D eigenvalue weighted by molar-refractivity contribution is 5.45. The average Bonchev–Trinajstić information content (AvgIpc) is 2.75. The largest absolute Gasteiger partial charge is 0.384 e. The molecule has 6 heteroatoms. The normalized spacial score (nSPS) is 9.88. The summed E-state index contributed by atoms with van der Waals surface area (Å²) in [4.78, 5) is 7.98. The molecule has 6 nitrogen and oxygen atoms in total. The number of nitriles is 1. The van der Waals surface area contributed by atoms with E-state index >= 15 is 0 Å². The highest BCUT2D eigenvalue weighted by atomic mass is 16.5. The molecule has 86 valence electrons. The minimum Gasteiger partial charge on any atom is -0.384 e. The van der Waals surface area contributed by atoms with Crippen LogP contribution >= 0.6 is 0 Å². The van der Waals surface area contributed by atoms with Crippen LogP contribution < -0.4 is 5.32 Å². The second-order valence-corrected chi connectivity index (χ2v) is 3.45. The zero-order valence-corrected chi connectivity index (χ0v) is 9.34. The fraction of sp³-hybridized carbons (Fsp3) is 0.273. The van der Waals surface area contributed by atoms with Gasteiger partial charge >= 0.3 is 0 Å². The maximum Gasteiger partial charge on any atom is 0.228 e. The second-order valence-electron chi connectivity index (χ2n) is 3.45. The van der Waals surface area contributed by atoms with Crippen molar-refractivity contribution in [3.63, 3.8) is 0 Å². The van der Waals surface area contributed by atoms with E-state index in [1.807, 2.05) is 6.07 Å². The molecule has 2 aromatic rings. The Labute approximate surface area is 98.3 Å². The maximum atomic E-state index is 8.69. The lowest BCUT2D eigenvalue weighted by Gasteiger charge is -2.03. The first-order chi connectivity index (χ1) is 8.28. The van der Waals surface area contributed by atoms with Crippen molar-refractivity contribution in [3.05, 3.63) is 35.7 Å². The van der Waals surface area contributed by atoms with Gasteiger partial charge in [0.25, 0.3) is 0 Å². The van der Waals surface area contributed by atoms with Crippen LogP contribution in [0.5, 0.6) is 0 Å². The third-order valence-corrected chi connectivity index (χ3v) is 2.11. The number of aromatic nitrogens is 3. The van der Waals surface area contributed by atoms with Crippen LogP contribution in [-0.2, 0) is 6.42 Å². The van der Waals surface area contributed by atoms with Crippen molar-refractivity contribution < 1.29 is 4.52 Å². The number of pyridine rings is 1. The van der Waals surface area contributed by atoms with Gasteiger partial charge in [-0.25, -0.2) is 4.98 Å². The summed E-state index contributed by atoms with van der Waals surface area (Å²) in [5.41, 5.74) is 1.25. The quantitative estimate of drug-likeness (QED) is 0.850. The Balaban J connectivity index is 1.88. The molecule has 17 heavy (non-hydrogen) atoms. The highest BCUT2D eigenvalue weighted by Gasteiger charge is 2.02. The molecule has 1 N–H and O–H groups in total. The second kappa shape index (κ2) is 5.07. The number of nitrogens with zero attached hydrogens (tertiary/aromatic N) is 4. The first-order valence-electron chi connectivity index (χ1n) is 5.17. The van der Waals surface area contributed by atoms with Crippen molar-refractivity contribution in [1.82, 2.24) is 15.1 Å². The molecule has 0 aliphatic carbocycles. The standard InChI is InChI=1S/C11H11N5O/c1-8-15-11(17-16-8)3-5-13-9-2-4-14-10(6-9)7-12/h2,4,6H,3,5H2,1H3,(H,13,14). The molecule has 2 rings (SSSR count). The van der Waals surface area contributed by atoms with Crippen LogP contribution in [0.15, 0.2) is 22.9 Å². The Kier molecular flexibility index (Phi) is 3.31. The van der Waals surface area contributed by atoms with Gasteiger partial charge in [-0.3, -0.25) is 0 Å². The monoisotopic (exact) mass is 229 g/mol. The molecule has 0 aliphatic heterocycles. The molecule has 0 radical (unpaired) electrons. The van der Waals surface area contributed by atoms with Crippen LogP contribution in [0.1, 0.15) is 17.4 Å². The van der Waals surface area contributed by atoms with Gasteiger partial charge in [0.05, 0.1) is 0 Å². The lowest BCUT2D eigenvalue weighted by Crippen LogP contribution is -2.05. The van der Waals surface area contributed by atoms with Gasteiger partial charge in [0.15, 0.2) is 5.82 Å². The summed E-state index contributed by atoms with van der Waals surface area (Å²) in [6.07, 6.45) is 2.24. The summed E-state index contributed by atoms with van der Waals surface area (Å²) in [6.45, 7) is 2.44. The van der Waals surface area contributed by atoms with Gasteiger partial charge < -0.3 is 9.84 Å². The number of nitrogens with one attached hydrogen (secondary N) is 1. The van der Waals surface area contributed by atoms with E-state index in [1.165, 1.54) is 0 Å². The van der Waals surface area contributed by atoms with Crippen molar-refractivity contribution in [2.24, 2.45) is 0 Å². The fourth-order valence-corrected chi connectivity index (χ4v) is 1.36. The Morgan fingerprint density at radius 2 is 2.41 bits per heavy atom. The highest BCUT2D eigenvalue weighted by Crippen LogP contribution is 2.07. The van der Waals surface area contributed by atoms with E-state index in [0.717, 1.165) is 5.69 Å². The van der Waals surface area contributed by atoms with Crippen LogP contribution in [0.25, 0.3) is 0 Å². The molecule has 2 heterocycles. The van der Waals surface area contributed by atoms with Crippen molar-refractivity contribution in [2.75, 3.05) is 11.9 Å². The number of anilines is 1. The van der Waals surface area contributed by atoms with Gasteiger partial charge in [-0.2, -0.15) is 10.2 Å². The minimum atomic E-state index is 0.392. The molecule has 0 aromatic carbocycles. The molecule has 2 aromatic heterocycles. The van der Waals surface area contributed by atoms with E-state index in [4.69, 9.17) is 9.78 Å². The number of hydrogen-bond acceptors (Lipinski definition) is 6. The zero-order chi connectivity index (χ0) is 12.1. The van der Waals surface area contributed by atoms with Crippen LogP contribution in [0.3, 0.4) is 0 Å². The van der Waals surface area contributed by atoms with Gasteiger partial charge in [0.2, 0.25) is 5.89 Å². The van der Waals surface area contributed by atoms with E-state index in [-0.39, 0.29) is 0 Å². The third kappa shape index (κ3) is 3.01. The molecule has 0 unspecified atom stereocenters. The van der Waals surface area contributed by atoms with E-state index in [9.17, 15) is 0 Å². The number of hydrogen-bond donors (Lipinski definition) is 1. The smallest absolute Gasteiger partial charge is 0.228 e. The molecule has 0 amide bonds. The molecule has 0 saturated heterocycles. The zero-order valence-electron chi connectivity index (χ0n) is 9.34. The topological polar surface area (TPSA) is 87.6 Å². The van der Waals surface area contributed by atoms with Crippen molar-refractivity contribution in [2.45, 2.75) is 13.3 Å². The lowest BCUT2D eigenvalue weighted by atomic mass is 10.3. The van der Waals surface area contributed by atoms with Crippen LogP contribution in [-0.4, -0.2) is 21.7 Å². The first-order valence-corrected chi connectivity index (χ1v) is 5.17. The van der Waals surface area contributed by atoms with Crippen LogP contribution in [0.4, 0.5) is 5.69 Å². The predicted octanol–water partition coefficient (Wildman–Crippen LogP) is 1.30. The Bertz CT molecular complexity index is 543. The fourth-order valence-electron chi connectivity index (χ4n) is 1.36. The van der Waals surface area contributed by atoms with E-state index in [2.05, 4.69) is 20.4 Å². The number of rotatable bonds is 4. The SMILES string of the molecule is Cc1noc(CCNc2ccnc(C#N)c2)n1. The van der Waals surface area contributed by atoms with Crippen molar-refractivity contribution in [1.29, 1.82) is 5.26 Å². The van der Waals surface area contributed by atoms with Crippen molar-refractivity contribution >= 4 is 5.69 Å². The van der Waals surface area contributed by atoms with E-state index in [0.29, 0.717) is 30.4 Å². The lowest BCUT2D eigenvalue weighted by molar-refractivity contribution is 0.377. The Hall–Kier alpha value is -2.42. The van der Waals surface area contributed by atoms with Gasteiger partial charge in [0.1, 0.15) is 11.8 Å². The summed E-state index contributed by atoms with van der Waals surface area (Å²) >= 11 is 0. The Morgan fingerprint density at radius 3 is 3.12 bits per heavy atom. The van der Waals surface area contributed by atoms with Crippen LogP contribution in [0, 0.1) is 18.3 Å². The van der Waals surface area contributed by atoms with Gasteiger partial charge in [0, 0.05) is 24.8 Å². The van der Waals surface area contributed by atoms with E-state index < -0.39 is 0 Å². The third-order valence-electron chi connectivity index (χ3n) is 2.11. The van der Waals surface area contributed by atoms with Gasteiger partial charge in [-0.05, 0) is 19.1 Å².